The molecule has 7 heteroatoms. The van der Waals surface area contributed by atoms with E-state index in [4.69, 9.17) is 0 Å². The quantitative estimate of drug-likeness (QED) is 0.456. The number of carbonyl (C=O) groups is 2. The van der Waals surface area contributed by atoms with Crippen molar-refractivity contribution in [2.75, 3.05) is 16.0 Å². The second-order valence-electron chi connectivity index (χ2n) is 7.20. The highest BCUT2D eigenvalue weighted by Gasteiger charge is 2.08. The van der Waals surface area contributed by atoms with E-state index in [1.54, 1.807) is 6.20 Å². The van der Waals surface area contributed by atoms with E-state index in [2.05, 4.69) is 25.9 Å². The summed E-state index contributed by atoms with van der Waals surface area (Å²) < 4.78 is 0. The van der Waals surface area contributed by atoms with E-state index < -0.39 is 0 Å². The van der Waals surface area contributed by atoms with Crippen LogP contribution in [0.2, 0.25) is 0 Å². The molecule has 0 saturated carbocycles. The van der Waals surface area contributed by atoms with Gasteiger partial charge in [-0.25, -0.2) is 9.97 Å². The third kappa shape index (κ3) is 5.76. The van der Waals surface area contributed by atoms with Gasteiger partial charge in [0, 0.05) is 41.7 Å². The lowest BCUT2D eigenvalue weighted by Gasteiger charge is -2.10. The summed E-state index contributed by atoms with van der Waals surface area (Å²) in [5, 5.41) is 9.01. The van der Waals surface area contributed by atoms with E-state index in [0.717, 1.165) is 22.6 Å². The molecule has 7 nitrogen and oxygen atoms in total. The Morgan fingerprint density at radius 1 is 0.710 bits per heavy atom. The second kappa shape index (κ2) is 9.67. The minimum absolute atomic E-state index is 0.0579. The van der Waals surface area contributed by atoms with Gasteiger partial charge in [0.05, 0.1) is 5.69 Å². The Labute approximate surface area is 180 Å². The zero-order chi connectivity index (χ0) is 21.5. The molecule has 0 spiro atoms. The first-order chi connectivity index (χ1) is 15.2. The molecular weight excluding hydrogens is 390 g/mol. The molecule has 4 rings (SSSR count). The van der Waals surface area contributed by atoms with Crippen LogP contribution in [0.5, 0.6) is 0 Å². The molecule has 0 atom stereocenters. The molecule has 0 fully saturated rings. The van der Waals surface area contributed by atoms with Crippen molar-refractivity contribution in [2.45, 2.75) is 25.7 Å². The SMILES string of the molecule is O=C1CC/C=C\CCC(=O)Nc2cccc(c2)-c2ccnc(n2)Nc2cccc(c2)N1. The number of allylic oxidation sites excluding steroid dienone is 2. The molecular formula is C24H23N5O2. The van der Waals surface area contributed by atoms with Gasteiger partial charge in [-0.1, -0.05) is 30.4 Å². The van der Waals surface area contributed by atoms with Crippen LogP contribution >= 0.6 is 0 Å². The van der Waals surface area contributed by atoms with Crippen molar-refractivity contribution in [3.63, 3.8) is 0 Å². The van der Waals surface area contributed by atoms with Crippen molar-refractivity contribution in [1.29, 1.82) is 0 Å². The van der Waals surface area contributed by atoms with Crippen molar-refractivity contribution >= 4 is 34.8 Å². The number of hydrogen-bond donors (Lipinski definition) is 3. The fourth-order valence-corrected chi connectivity index (χ4v) is 3.25. The van der Waals surface area contributed by atoms with Crippen LogP contribution in [0.1, 0.15) is 25.7 Å². The molecule has 0 aliphatic carbocycles. The summed E-state index contributed by atoms with van der Waals surface area (Å²) in [5.41, 5.74) is 3.80. The van der Waals surface area contributed by atoms with Gasteiger partial charge in [0.25, 0.3) is 0 Å². The lowest BCUT2D eigenvalue weighted by Crippen LogP contribution is -2.11. The van der Waals surface area contributed by atoms with Crippen LogP contribution in [0.3, 0.4) is 0 Å². The molecule has 1 aromatic heterocycles. The average molecular weight is 413 g/mol. The third-order valence-corrected chi connectivity index (χ3v) is 4.74. The molecule has 3 N–H and O–H groups in total. The first kappa shape index (κ1) is 20.3. The Hall–Kier alpha value is -4.00. The van der Waals surface area contributed by atoms with Crippen molar-refractivity contribution < 1.29 is 9.59 Å². The van der Waals surface area contributed by atoms with E-state index >= 15 is 0 Å². The highest BCUT2D eigenvalue weighted by molar-refractivity contribution is 5.92. The molecule has 3 aromatic rings. The van der Waals surface area contributed by atoms with Gasteiger partial charge in [-0.2, -0.15) is 0 Å². The maximum absolute atomic E-state index is 12.2. The van der Waals surface area contributed by atoms with Gasteiger partial charge in [0.2, 0.25) is 17.8 Å². The summed E-state index contributed by atoms with van der Waals surface area (Å²) in [4.78, 5) is 33.3. The lowest BCUT2D eigenvalue weighted by atomic mass is 10.1. The number of anilines is 4. The molecule has 2 amide bonds. The number of carbonyl (C=O) groups excluding carboxylic acids is 2. The topological polar surface area (TPSA) is 96.0 Å². The molecule has 0 unspecified atom stereocenters. The van der Waals surface area contributed by atoms with Gasteiger partial charge >= 0.3 is 0 Å². The number of benzene rings is 2. The molecule has 0 radical (unpaired) electrons. The fourth-order valence-electron chi connectivity index (χ4n) is 3.25. The lowest BCUT2D eigenvalue weighted by molar-refractivity contribution is -0.117. The first-order valence-electron chi connectivity index (χ1n) is 10.2. The summed E-state index contributed by atoms with van der Waals surface area (Å²) in [6.07, 6.45) is 7.55. The number of amides is 2. The third-order valence-electron chi connectivity index (χ3n) is 4.74. The molecule has 1 aliphatic heterocycles. The van der Waals surface area contributed by atoms with E-state index in [-0.39, 0.29) is 11.8 Å². The average Bonchev–Trinajstić information content (AvgIpc) is 2.76. The van der Waals surface area contributed by atoms with Crippen LogP contribution in [0.15, 0.2) is 72.9 Å². The zero-order valence-electron chi connectivity index (χ0n) is 17.0. The van der Waals surface area contributed by atoms with Crippen LogP contribution in [0.25, 0.3) is 11.3 Å². The smallest absolute Gasteiger partial charge is 0.227 e. The summed E-state index contributed by atoms with van der Waals surface area (Å²) in [7, 11) is 0. The maximum atomic E-state index is 12.2. The highest BCUT2D eigenvalue weighted by atomic mass is 16.2. The standard InChI is InChI=1S/C24H23N5O2/c30-22-11-3-1-2-4-12-23(31)27-19-9-6-10-20(16-19)28-24-25-14-13-21(29-24)17-7-5-8-18(15-17)26-22/h1-2,5-10,13-16H,3-4,11-12H2,(H,26,30)(H,27,31)(H,25,28,29)/b2-1-. The number of nitrogens with zero attached hydrogens (tertiary/aromatic N) is 2. The number of hydrogen-bond acceptors (Lipinski definition) is 5. The van der Waals surface area contributed by atoms with Crippen LogP contribution in [-0.4, -0.2) is 21.8 Å². The molecule has 6 bridgehead atoms. The fraction of sp³-hybridized carbons (Fsp3) is 0.167. The molecule has 2 heterocycles. The minimum atomic E-state index is -0.0642. The predicted molar refractivity (Wildman–Crippen MR) is 122 cm³/mol. The zero-order valence-corrected chi connectivity index (χ0v) is 17.0. The Bertz CT molecular complexity index is 1130. The van der Waals surface area contributed by atoms with Gasteiger partial charge in [-0.05, 0) is 49.2 Å². The van der Waals surface area contributed by atoms with E-state index in [1.807, 2.05) is 66.7 Å². The van der Waals surface area contributed by atoms with Crippen molar-refractivity contribution in [1.82, 2.24) is 9.97 Å². The molecule has 0 saturated heterocycles. The van der Waals surface area contributed by atoms with E-state index in [9.17, 15) is 9.59 Å². The Morgan fingerprint density at radius 2 is 1.32 bits per heavy atom. The van der Waals surface area contributed by atoms with Crippen molar-refractivity contribution in [3.05, 3.63) is 72.9 Å². The van der Waals surface area contributed by atoms with Crippen LogP contribution in [0.4, 0.5) is 23.0 Å². The van der Waals surface area contributed by atoms with Gasteiger partial charge < -0.3 is 16.0 Å². The Kier molecular flexibility index (Phi) is 6.32. The molecule has 2 aromatic carbocycles. The summed E-state index contributed by atoms with van der Waals surface area (Å²) >= 11 is 0. The normalized spacial score (nSPS) is 15.7. The van der Waals surface area contributed by atoms with Crippen LogP contribution in [0, 0.1) is 0 Å². The Morgan fingerprint density at radius 3 is 2.03 bits per heavy atom. The number of rotatable bonds is 0. The summed E-state index contributed by atoms with van der Waals surface area (Å²) in [6.45, 7) is 0. The minimum Gasteiger partial charge on any atom is -0.326 e. The van der Waals surface area contributed by atoms with Gasteiger partial charge in [0.15, 0.2) is 0 Å². The van der Waals surface area contributed by atoms with Crippen LogP contribution in [-0.2, 0) is 9.59 Å². The summed E-state index contributed by atoms with van der Waals surface area (Å²) in [5.74, 6) is 0.318. The van der Waals surface area contributed by atoms with Crippen molar-refractivity contribution in [2.24, 2.45) is 0 Å². The molecule has 31 heavy (non-hydrogen) atoms. The second-order valence-corrected chi connectivity index (χ2v) is 7.20. The predicted octanol–water partition coefficient (Wildman–Crippen LogP) is 4.89. The van der Waals surface area contributed by atoms with Gasteiger partial charge in [-0.15, -0.1) is 0 Å². The van der Waals surface area contributed by atoms with E-state index in [0.29, 0.717) is 37.3 Å². The number of nitrogens with one attached hydrogen (secondary N) is 3. The Balaban J connectivity index is 1.64. The van der Waals surface area contributed by atoms with Crippen LogP contribution < -0.4 is 16.0 Å². The highest BCUT2D eigenvalue weighted by Crippen LogP contribution is 2.24. The first-order valence-corrected chi connectivity index (χ1v) is 10.2. The largest absolute Gasteiger partial charge is 0.326 e. The maximum Gasteiger partial charge on any atom is 0.227 e. The monoisotopic (exact) mass is 413 g/mol. The van der Waals surface area contributed by atoms with Gasteiger partial charge in [0.1, 0.15) is 0 Å². The van der Waals surface area contributed by atoms with Crippen molar-refractivity contribution in [3.8, 4) is 11.3 Å². The van der Waals surface area contributed by atoms with Gasteiger partial charge in [-0.3, -0.25) is 9.59 Å². The molecule has 156 valence electrons. The van der Waals surface area contributed by atoms with E-state index in [1.165, 1.54) is 0 Å². The number of aromatic nitrogens is 2. The molecule has 1 aliphatic rings. The number of fused-ring (bicyclic) bond motifs is 7. The summed E-state index contributed by atoms with van der Waals surface area (Å²) in [6, 6.07) is 16.8.